The first kappa shape index (κ1) is 14.8. The van der Waals surface area contributed by atoms with Gasteiger partial charge in [0.2, 0.25) is 0 Å². The van der Waals surface area contributed by atoms with Crippen molar-refractivity contribution in [1.29, 1.82) is 0 Å². The van der Waals surface area contributed by atoms with Gasteiger partial charge >= 0.3 is 5.69 Å². The number of nitrogens with two attached hydrogens (primary N) is 1. The van der Waals surface area contributed by atoms with E-state index in [2.05, 4.69) is 4.98 Å². The van der Waals surface area contributed by atoms with Gasteiger partial charge in [-0.3, -0.25) is 10.1 Å². The number of nitrogens with zero attached hydrogens (tertiary/aromatic N) is 2. The van der Waals surface area contributed by atoms with Gasteiger partial charge in [0.1, 0.15) is 17.6 Å². The first-order chi connectivity index (χ1) is 11.1. The van der Waals surface area contributed by atoms with E-state index in [1.807, 2.05) is 36.4 Å². The molecule has 2 N–H and O–H groups in total. The van der Waals surface area contributed by atoms with Crippen LogP contribution < -0.4 is 10.5 Å². The second kappa shape index (κ2) is 5.92. The van der Waals surface area contributed by atoms with Crippen molar-refractivity contribution in [2.45, 2.75) is 6.42 Å². The number of hydrogen-bond donors (Lipinski definition) is 1. The van der Waals surface area contributed by atoms with Crippen molar-refractivity contribution in [2.24, 2.45) is 0 Å². The lowest BCUT2D eigenvalue weighted by molar-refractivity contribution is -0.384. The summed E-state index contributed by atoms with van der Waals surface area (Å²) in [6, 6.07) is 13.4. The predicted octanol–water partition coefficient (Wildman–Crippen LogP) is 3.32. The van der Waals surface area contributed by atoms with Crippen LogP contribution >= 0.6 is 0 Å². The second-order valence-electron chi connectivity index (χ2n) is 5.19. The highest BCUT2D eigenvalue weighted by atomic mass is 16.6. The van der Waals surface area contributed by atoms with E-state index in [0.29, 0.717) is 10.9 Å². The molecular weight excluding hydrogens is 294 g/mol. The Morgan fingerprint density at radius 2 is 1.87 bits per heavy atom. The number of benzene rings is 2. The van der Waals surface area contributed by atoms with E-state index in [9.17, 15) is 10.1 Å². The van der Waals surface area contributed by atoms with Gasteiger partial charge in [0.05, 0.1) is 17.5 Å². The van der Waals surface area contributed by atoms with E-state index in [4.69, 9.17) is 10.5 Å². The summed E-state index contributed by atoms with van der Waals surface area (Å²) in [4.78, 5) is 14.5. The number of anilines is 1. The average molecular weight is 309 g/mol. The number of fused-ring (bicyclic) bond motifs is 1. The third-order valence-corrected chi connectivity index (χ3v) is 3.72. The molecule has 0 aliphatic carbocycles. The molecule has 3 rings (SSSR count). The molecule has 0 fully saturated rings. The highest BCUT2D eigenvalue weighted by molar-refractivity contribution is 5.94. The SMILES string of the molecule is COc1ccc(Cc2ccc3c(N)c([N+](=O)[O-])cnc3c2)cc1. The molecule has 6 heteroatoms. The molecular formula is C17H15N3O3. The number of nitro groups is 1. The van der Waals surface area contributed by atoms with Gasteiger partial charge in [-0.05, 0) is 35.7 Å². The third kappa shape index (κ3) is 2.91. The van der Waals surface area contributed by atoms with Crippen LogP contribution in [0.5, 0.6) is 5.75 Å². The Labute approximate surface area is 132 Å². The van der Waals surface area contributed by atoms with Gasteiger partial charge in [0.15, 0.2) is 0 Å². The minimum absolute atomic E-state index is 0.149. The van der Waals surface area contributed by atoms with Crippen LogP contribution in [0.2, 0.25) is 0 Å². The summed E-state index contributed by atoms with van der Waals surface area (Å²) in [7, 11) is 1.63. The molecule has 0 amide bonds. The lowest BCUT2D eigenvalue weighted by Gasteiger charge is -2.07. The third-order valence-electron chi connectivity index (χ3n) is 3.72. The van der Waals surface area contributed by atoms with Crippen LogP contribution in [-0.2, 0) is 6.42 Å². The van der Waals surface area contributed by atoms with E-state index in [-0.39, 0.29) is 11.4 Å². The molecule has 3 aromatic rings. The maximum Gasteiger partial charge on any atom is 0.310 e. The summed E-state index contributed by atoms with van der Waals surface area (Å²) < 4.78 is 5.14. The molecule has 6 nitrogen and oxygen atoms in total. The standard InChI is InChI=1S/C17H15N3O3/c1-23-13-5-2-11(3-6-13)8-12-4-7-14-15(9-12)19-10-16(17(14)18)20(21)22/h2-7,9-10H,8H2,1H3,(H2,18,19). The fraction of sp³-hybridized carbons (Fsp3) is 0.118. The molecule has 2 aromatic carbocycles. The highest BCUT2D eigenvalue weighted by Crippen LogP contribution is 2.29. The summed E-state index contributed by atoms with van der Waals surface area (Å²) in [6.07, 6.45) is 1.94. The number of ether oxygens (including phenoxy) is 1. The monoisotopic (exact) mass is 309 g/mol. The number of hydrogen-bond acceptors (Lipinski definition) is 5. The van der Waals surface area contributed by atoms with Crippen molar-refractivity contribution in [2.75, 3.05) is 12.8 Å². The smallest absolute Gasteiger partial charge is 0.310 e. The summed E-state index contributed by atoms with van der Waals surface area (Å²) >= 11 is 0. The number of aromatic nitrogens is 1. The van der Waals surface area contributed by atoms with Crippen molar-refractivity contribution in [3.8, 4) is 5.75 Å². The fourth-order valence-electron chi connectivity index (χ4n) is 2.48. The Balaban J connectivity index is 1.93. The average Bonchev–Trinajstić information content (AvgIpc) is 2.55. The van der Waals surface area contributed by atoms with E-state index >= 15 is 0 Å². The van der Waals surface area contributed by atoms with E-state index in [1.54, 1.807) is 13.2 Å². The van der Waals surface area contributed by atoms with Crippen molar-refractivity contribution in [1.82, 2.24) is 4.98 Å². The number of methoxy groups -OCH3 is 1. The van der Waals surface area contributed by atoms with Crippen LogP contribution in [0.15, 0.2) is 48.7 Å². The van der Waals surface area contributed by atoms with Gasteiger partial charge in [-0.2, -0.15) is 0 Å². The molecule has 0 spiro atoms. The summed E-state index contributed by atoms with van der Waals surface area (Å²) in [5.41, 5.74) is 8.69. The summed E-state index contributed by atoms with van der Waals surface area (Å²) in [6.45, 7) is 0. The van der Waals surface area contributed by atoms with Crippen LogP contribution in [0.1, 0.15) is 11.1 Å². The maximum absolute atomic E-state index is 10.9. The normalized spacial score (nSPS) is 10.7. The van der Waals surface area contributed by atoms with Crippen molar-refractivity contribution in [3.63, 3.8) is 0 Å². The van der Waals surface area contributed by atoms with E-state index < -0.39 is 4.92 Å². The predicted molar refractivity (Wildman–Crippen MR) is 88.6 cm³/mol. The molecule has 0 aliphatic heterocycles. The van der Waals surface area contributed by atoms with Crippen molar-refractivity contribution in [3.05, 3.63) is 69.9 Å². The molecule has 0 aliphatic rings. The summed E-state index contributed by atoms with van der Waals surface area (Å²) in [5, 5.41) is 11.5. The second-order valence-corrected chi connectivity index (χ2v) is 5.19. The van der Waals surface area contributed by atoms with Gasteiger partial charge in [-0.25, -0.2) is 4.98 Å². The number of rotatable bonds is 4. The minimum atomic E-state index is -0.521. The molecule has 0 radical (unpaired) electrons. The zero-order valence-electron chi connectivity index (χ0n) is 12.5. The van der Waals surface area contributed by atoms with Crippen LogP contribution in [0.25, 0.3) is 10.9 Å². The molecule has 116 valence electrons. The van der Waals surface area contributed by atoms with Gasteiger partial charge in [0, 0.05) is 5.39 Å². The molecule has 0 saturated heterocycles. The lowest BCUT2D eigenvalue weighted by Crippen LogP contribution is -1.98. The number of nitrogen functional groups attached to an aromatic ring is 1. The fourth-order valence-corrected chi connectivity index (χ4v) is 2.48. The Morgan fingerprint density at radius 1 is 1.17 bits per heavy atom. The van der Waals surface area contributed by atoms with Crippen molar-refractivity contribution < 1.29 is 9.66 Å². The first-order valence-electron chi connectivity index (χ1n) is 7.03. The lowest BCUT2D eigenvalue weighted by atomic mass is 10.0. The molecule has 0 atom stereocenters. The Morgan fingerprint density at radius 3 is 2.52 bits per heavy atom. The van der Waals surface area contributed by atoms with Crippen LogP contribution in [-0.4, -0.2) is 17.0 Å². The zero-order chi connectivity index (χ0) is 16.4. The number of pyridine rings is 1. The van der Waals surface area contributed by atoms with Crippen LogP contribution in [0.4, 0.5) is 11.4 Å². The topological polar surface area (TPSA) is 91.3 Å². The largest absolute Gasteiger partial charge is 0.497 e. The molecule has 1 aromatic heterocycles. The van der Waals surface area contributed by atoms with Crippen LogP contribution in [0, 0.1) is 10.1 Å². The molecule has 23 heavy (non-hydrogen) atoms. The summed E-state index contributed by atoms with van der Waals surface area (Å²) in [5.74, 6) is 0.814. The Bertz CT molecular complexity index is 876. The maximum atomic E-state index is 10.9. The van der Waals surface area contributed by atoms with Gasteiger partial charge in [0.25, 0.3) is 0 Å². The van der Waals surface area contributed by atoms with E-state index in [0.717, 1.165) is 23.3 Å². The van der Waals surface area contributed by atoms with Gasteiger partial charge in [-0.15, -0.1) is 0 Å². The van der Waals surface area contributed by atoms with E-state index in [1.165, 1.54) is 6.20 Å². The first-order valence-corrected chi connectivity index (χ1v) is 7.03. The molecule has 0 saturated carbocycles. The van der Waals surface area contributed by atoms with Gasteiger partial charge in [-0.1, -0.05) is 24.3 Å². The molecule has 0 bridgehead atoms. The van der Waals surface area contributed by atoms with Gasteiger partial charge < -0.3 is 10.5 Å². The Hall–Kier alpha value is -3.15. The van der Waals surface area contributed by atoms with Crippen molar-refractivity contribution >= 4 is 22.3 Å². The quantitative estimate of drug-likeness (QED) is 0.589. The zero-order valence-corrected chi connectivity index (χ0v) is 12.5. The van der Waals surface area contributed by atoms with Crippen LogP contribution in [0.3, 0.4) is 0 Å². The highest BCUT2D eigenvalue weighted by Gasteiger charge is 2.15. The molecule has 0 unspecified atom stereocenters. The molecule has 1 heterocycles. The minimum Gasteiger partial charge on any atom is -0.497 e. The Kier molecular flexibility index (Phi) is 3.80.